The van der Waals surface area contributed by atoms with Crippen LogP contribution in [0.2, 0.25) is 0 Å². The normalized spacial score (nSPS) is 22.9. The van der Waals surface area contributed by atoms with Crippen molar-refractivity contribution in [2.45, 2.75) is 40.7 Å². The summed E-state index contributed by atoms with van der Waals surface area (Å²) >= 11 is 0. The van der Waals surface area contributed by atoms with Gasteiger partial charge in [-0.15, -0.1) is 0 Å². The van der Waals surface area contributed by atoms with E-state index in [0.717, 1.165) is 17.0 Å². The van der Waals surface area contributed by atoms with Crippen LogP contribution in [0, 0.1) is 0 Å². The molecular formula is C15H20N2. The van der Waals surface area contributed by atoms with Gasteiger partial charge in [0.15, 0.2) is 0 Å². The van der Waals surface area contributed by atoms with Crippen LogP contribution in [-0.2, 0) is 0 Å². The maximum atomic E-state index is 6.28. The number of hydrogen-bond donors (Lipinski definition) is 1. The number of allylic oxidation sites excluding steroid dienone is 5. The average molecular weight is 228 g/mol. The number of hydrogen-bond acceptors (Lipinski definition) is 2. The highest BCUT2D eigenvalue weighted by molar-refractivity contribution is 6.02. The fourth-order valence-electron chi connectivity index (χ4n) is 2.25. The van der Waals surface area contributed by atoms with Crippen molar-refractivity contribution in [1.82, 2.24) is 0 Å². The zero-order valence-electron chi connectivity index (χ0n) is 11.3. The monoisotopic (exact) mass is 228 g/mol. The summed E-state index contributed by atoms with van der Waals surface area (Å²) in [6, 6.07) is 0.0456. The zero-order chi connectivity index (χ0) is 12.7. The van der Waals surface area contributed by atoms with Gasteiger partial charge >= 0.3 is 0 Å². The first-order valence-corrected chi connectivity index (χ1v) is 6.01. The van der Waals surface area contributed by atoms with Crippen LogP contribution in [0.5, 0.6) is 0 Å². The van der Waals surface area contributed by atoms with Gasteiger partial charge in [-0.1, -0.05) is 17.7 Å². The van der Waals surface area contributed by atoms with E-state index in [1.54, 1.807) is 0 Å². The van der Waals surface area contributed by atoms with Gasteiger partial charge in [-0.25, -0.2) is 0 Å². The third-order valence-corrected chi connectivity index (χ3v) is 3.78. The Morgan fingerprint density at radius 2 is 1.82 bits per heavy atom. The van der Waals surface area contributed by atoms with Crippen LogP contribution in [0.1, 0.15) is 34.6 Å². The summed E-state index contributed by atoms with van der Waals surface area (Å²) in [6.45, 7) is 10.5. The molecule has 0 radical (unpaired) electrons. The van der Waals surface area contributed by atoms with Crippen LogP contribution in [-0.4, -0.2) is 11.8 Å². The smallest absolute Gasteiger partial charge is 0.115 e. The molecule has 1 unspecified atom stereocenters. The van der Waals surface area contributed by atoms with E-state index in [-0.39, 0.29) is 6.04 Å². The summed E-state index contributed by atoms with van der Waals surface area (Å²) in [5, 5.41) is 0. The van der Waals surface area contributed by atoms with Crippen LogP contribution in [0.25, 0.3) is 0 Å². The highest BCUT2D eigenvalue weighted by atomic mass is 14.9. The van der Waals surface area contributed by atoms with Gasteiger partial charge in [0.05, 0.1) is 0 Å². The molecule has 0 fully saturated rings. The minimum absolute atomic E-state index is 0.0456. The van der Waals surface area contributed by atoms with E-state index in [2.05, 4.69) is 51.8 Å². The van der Waals surface area contributed by atoms with Crippen LogP contribution >= 0.6 is 0 Å². The summed E-state index contributed by atoms with van der Waals surface area (Å²) in [7, 11) is 0. The second kappa shape index (κ2) is 4.02. The number of nitrogens with zero attached hydrogens (tertiary/aromatic N) is 1. The van der Waals surface area contributed by atoms with Crippen molar-refractivity contribution in [3.63, 3.8) is 0 Å². The minimum Gasteiger partial charge on any atom is -0.400 e. The van der Waals surface area contributed by atoms with E-state index in [9.17, 15) is 0 Å². The fraction of sp³-hybridized carbons (Fsp3) is 0.400. The number of fused-ring (bicyclic) bond motifs is 1. The van der Waals surface area contributed by atoms with Crippen molar-refractivity contribution >= 4 is 5.71 Å². The van der Waals surface area contributed by atoms with Gasteiger partial charge in [0.25, 0.3) is 0 Å². The van der Waals surface area contributed by atoms with E-state index >= 15 is 0 Å². The highest BCUT2D eigenvalue weighted by Gasteiger charge is 2.28. The van der Waals surface area contributed by atoms with Crippen molar-refractivity contribution in [1.29, 1.82) is 0 Å². The third-order valence-electron chi connectivity index (χ3n) is 3.78. The lowest BCUT2D eigenvalue weighted by molar-refractivity contribution is 0.886. The van der Waals surface area contributed by atoms with E-state index in [4.69, 9.17) is 5.73 Å². The molecule has 1 aliphatic heterocycles. The molecule has 90 valence electrons. The number of aliphatic imine (C=N–C) groups is 1. The summed E-state index contributed by atoms with van der Waals surface area (Å²) < 4.78 is 0. The van der Waals surface area contributed by atoms with Crippen LogP contribution < -0.4 is 5.73 Å². The molecule has 2 heteroatoms. The molecule has 2 nitrogen and oxygen atoms in total. The lowest BCUT2D eigenvalue weighted by Crippen LogP contribution is -2.21. The highest BCUT2D eigenvalue weighted by Crippen LogP contribution is 2.34. The molecule has 1 aliphatic carbocycles. The molecule has 17 heavy (non-hydrogen) atoms. The Labute approximate surface area is 103 Å². The van der Waals surface area contributed by atoms with Crippen molar-refractivity contribution in [2.75, 3.05) is 0 Å². The lowest BCUT2D eigenvalue weighted by atomic mass is 9.89. The number of rotatable bonds is 1. The molecule has 0 aromatic heterocycles. The maximum absolute atomic E-state index is 6.28. The summed E-state index contributed by atoms with van der Waals surface area (Å²) in [5.74, 6) is 0. The molecular weight excluding hydrogens is 208 g/mol. The summed E-state index contributed by atoms with van der Waals surface area (Å²) in [4.78, 5) is 4.65. The topological polar surface area (TPSA) is 38.4 Å². The molecule has 2 rings (SSSR count). The third kappa shape index (κ3) is 1.78. The standard InChI is InChI=1S/C15H20N2/c1-8(2)9(3)12-6-7-13-10(4)11(5)17-15(13)14(12)16/h6-7,15H,16H2,1-5H3. The fourth-order valence-corrected chi connectivity index (χ4v) is 2.25. The van der Waals surface area contributed by atoms with Crippen molar-refractivity contribution in [2.24, 2.45) is 10.7 Å². The Kier molecular flexibility index (Phi) is 2.82. The molecule has 0 amide bonds. The van der Waals surface area contributed by atoms with Crippen molar-refractivity contribution in [3.05, 3.63) is 45.7 Å². The molecule has 0 spiro atoms. The van der Waals surface area contributed by atoms with E-state index in [0.29, 0.717) is 0 Å². The van der Waals surface area contributed by atoms with Gasteiger partial charge in [-0.3, -0.25) is 4.99 Å². The Morgan fingerprint density at radius 1 is 1.18 bits per heavy atom. The molecule has 1 heterocycles. The van der Waals surface area contributed by atoms with Gasteiger partial charge < -0.3 is 5.73 Å². The van der Waals surface area contributed by atoms with Crippen LogP contribution in [0.3, 0.4) is 0 Å². The Bertz CT molecular complexity index is 521. The summed E-state index contributed by atoms with van der Waals surface area (Å²) in [5.41, 5.74) is 14.5. The largest absolute Gasteiger partial charge is 0.400 e. The van der Waals surface area contributed by atoms with Gasteiger partial charge in [0.1, 0.15) is 6.04 Å². The second-order valence-corrected chi connectivity index (χ2v) is 5.02. The quantitative estimate of drug-likeness (QED) is 0.735. The molecule has 1 atom stereocenters. The van der Waals surface area contributed by atoms with Crippen molar-refractivity contribution < 1.29 is 0 Å². The molecule has 0 aromatic rings. The molecule has 0 saturated heterocycles. The van der Waals surface area contributed by atoms with Gasteiger partial charge in [-0.05, 0) is 56.9 Å². The van der Waals surface area contributed by atoms with Gasteiger partial charge in [0.2, 0.25) is 0 Å². The zero-order valence-corrected chi connectivity index (χ0v) is 11.3. The van der Waals surface area contributed by atoms with E-state index < -0.39 is 0 Å². The van der Waals surface area contributed by atoms with E-state index in [1.807, 2.05) is 0 Å². The van der Waals surface area contributed by atoms with Crippen LogP contribution in [0.15, 0.2) is 50.7 Å². The van der Waals surface area contributed by atoms with E-state index in [1.165, 1.54) is 22.3 Å². The number of nitrogens with two attached hydrogens (primary N) is 1. The van der Waals surface area contributed by atoms with Gasteiger partial charge in [-0.2, -0.15) is 0 Å². The predicted molar refractivity (Wildman–Crippen MR) is 74.0 cm³/mol. The molecule has 0 aromatic carbocycles. The minimum atomic E-state index is 0.0456. The SMILES string of the molecule is CC1=NC2C(N)=C(C(C)=C(C)C)C=CC2=C1C. The maximum Gasteiger partial charge on any atom is 0.115 e. The first-order valence-electron chi connectivity index (χ1n) is 6.01. The molecule has 2 N–H and O–H groups in total. The average Bonchev–Trinajstić information content (AvgIpc) is 2.56. The lowest BCUT2D eigenvalue weighted by Gasteiger charge is -2.21. The molecule has 0 bridgehead atoms. The van der Waals surface area contributed by atoms with Crippen LogP contribution in [0.4, 0.5) is 0 Å². The Balaban J connectivity index is 2.53. The molecule has 0 saturated carbocycles. The van der Waals surface area contributed by atoms with Crippen molar-refractivity contribution in [3.8, 4) is 0 Å². The second-order valence-electron chi connectivity index (χ2n) is 5.02. The predicted octanol–water partition coefficient (Wildman–Crippen LogP) is 3.28. The summed E-state index contributed by atoms with van der Waals surface area (Å²) in [6.07, 6.45) is 4.29. The molecule has 2 aliphatic rings. The Morgan fingerprint density at radius 3 is 2.41 bits per heavy atom. The first kappa shape index (κ1) is 11.9. The Hall–Kier alpha value is -1.57. The first-order chi connectivity index (χ1) is 7.93. The van der Waals surface area contributed by atoms with Gasteiger partial charge in [0, 0.05) is 11.4 Å².